The summed E-state index contributed by atoms with van der Waals surface area (Å²) in [5, 5.41) is 7.14. The smallest absolute Gasteiger partial charge is 0.224 e. The van der Waals surface area contributed by atoms with Gasteiger partial charge < -0.3 is 10.6 Å². The molecule has 3 rings (SSSR count). The predicted octanol–water partition coefficient (Wildman–Crippen LogP) is 3.47. The first-order valence-electron chi connectivity index (χ1n) is 7.79. The Labute approximate surface area is 151 Å². The van der Waals surface area contributed by atoms with Crippen molar-refractivity contribution in [3.05, 3.63) is 40.7 Å². The van der Waals surface area contributed by atoms with E-state index < -0.39 is 0 Å². The highest BCUT2D eigenvalue weighted by Crippen LogP contribution is 2.32. The van der Waals surface area contributed by atoms with Crippen molar-refractivity contribution < 1.29 is 9.18 Å². The summed E-state index contributed by atoms with van der Waals surface area (Å²) in [5.74, 6) is -0.103. The Balaban J connectivity index is 0.00000208. The molecule has 0 saturated carbocycles. The maximum Gasteiger partial charge on any atom is 0.224 e. The van der Waals surface area contributed by atoms with Crippen molar-refractivity contribution in [1.82, 2.24) is 15.6 Å². The Morgan fingerprint density at radius 2 is 2.12 bits per heavy atom. The van der Waals surface area contributed by atoms with E-state index in [4.69, 9.17) is 0 Å². The fourth-order valence-electron chi connectivity index (χ4n) is 2.80. The summed E-state index contributed by atoms with van der Waals surface area (Å²) in [4.78, 5) is 17.9. The van der Waals surface area contributed by atoms with E-state index >= 15 is 0 Å². The molecule has 2 aromatic rings. The normalized spacial score (nSPS) is 18.0. The molecule has 7 heteroatoms. The molecule has 1 aromatic heterocycles. The van der Waals surface area contributed by atoms with Crippen LogP contribution in [0.5, 0.6) is 0 Å². The van der Waals surface area contributed by atoms with Crippen LogP contribution in [0.25, 0.3) is 10.6 Å². The highest BCUT2D eigenvalue weighted by molar-refractivity contribution is 7.15. The number of carbonyl (C=O) groups is 1. The summed E-state index contributed by atoms with van der Waals surface area (Å²) in [5.41, 5.74) is 1.80. The monoisotopic (exact) mass is 369 g/mol. The number of aromatic nitrogens is 1. The minimum Gasteiger partial charge on any atom is -0.348 e. The summed E-state index contributed by atoms with van der Waals surface area (Å²) in [6.45, 7) is 5.58. The fraction of sp³-hybridized carbons (Fsp3) is 0.412. The topological polar surface area (TPSA) is 54.0 Å². The predicted molar refractivity (Wildman–Crippen MR) is 97.0 cm³/mol. The number of amides is 1. The van der Waals surface area contributed by atoms with Gasteiger partial charge in [0, 0.05) is 12.1 Å². The molecule has 0 bridgehead atoms. The Kier molecular flexibility index (Phi) is 6.32. The number of benzene rings is 1. The number of nitrogens with one attached hydrogen (secondary N) is 2. The number of carbonyl (C=O) groups excluding carboxylic acids is 1. The molecule has 2 atom stereocenters. The van der Waals surface area contributed by atoms with Crippen LogP contribution in [0, 0.1) is 18.7 Å². The SMILES string of the molecule is Cc1nc(-c2ccc(F)cc2)sc1C(C)NC(=O)C1CCNC1.Cl. The summed E-state index contributed by atoms with van der Waals surface area (Å²) >= 11 is 1.55. The van der Waals surface area contributed by atoms with Crippen LogP contribution < -0.4 is 10.6 Å². The summed E-state index contributed by atoms with van der Waals surface area (Å²) in [6, 6.07) is 6.25. The van der Waals surface area contributed by atoms with Crippen LogP contribution >= 0.6 is 23.7 Å². The summed E-state index contributed by atoms with van der Waals surface area (Å²) in [7, 11) is 0. The highest BCUT2D eigenvalue weighted by atomic mass is 35.5. The van der Waals surface area contributed by atoms with Gasteiger partial charge in [0.05, 0.1) is 22.5 Å². The number of halogens is 2. The molecule has 1 aromatic carbocycles. The zero-order valence-corrected chi connectivity index (χ0v) is 15.3. The molecule has 24 heavy (non-hydrogen) atoms. The van der Waals surface area contributed by atoms with Gasteiger partial charge in [0.15, 0.2) is 0 Å². The molecule has 1 fully saturated rings. The third-order valence-electron chi connectivity index (χ3n) is 4.11. The third kappa shape index (κ3) is 4.12. The van der Waals surface area contributed by atoms with Gasteiger partial charge in [-0.1, -0.05) is 0 Å². The standard InChI is InChI=1S/C17H20FN3OS.ClH/c1-10(20-16(22)13-7-8-19-9-13)15-11(2)21-17(23-15)12-3-5-14(18)6-4-12;/h3-6,10,13,19H,7-9H2,1-2H3,(H,20,22);1H. The lowest BCUT2D eigenvalue weighted by molar-refractivity contribution is -0.125. The van der Waals surface area contributed by atoms with Crippen molar-refractivity contribution >= 4 is 29.7 Å². The molecule has 2 unspecified atom stereocenters. The van der Waals surface area contributed by atoms with Crippen molar-refractivity contribution in [2.75, 3.05) is 13.1 Å². The van der Waals surface area contributed by atoms with Crippen LogP contribution in [0.1, 0.15) is 30.0 Å². The first kappa shape index (κ1) is 18.8. The highest BCUT2D eigenvalue weighted by Gasteiger charge is 2.25. The van der Waals surface area contributed by atoms with Gasteiger partial charge in [-0.25, -0.2) is 9.37 Å². The molecule has 4 nitrogen and oxygen atoms in total. The molecular formula is C17H21ClFN3OS. The van der Waals surface area contributed by atoms with E-state index in [0.717, 1.165) is 40.7 Å². The lowest BCUT2D eigenvalue weighted by Gasteiger charge is -2.15. The van der Waals surface area contributed by atoms with Crippen molar-refractivity contribution in [3.8, 4) is 10.6 Å². The van der Waals surface area contributed by atoms with Crippen LogP contribution in [0.2, 0.25) is 0 Å². The van der Waals surface area contributed by atoms with Crippen LogP contribution in [0.3, 0.4) is 0 Å². The largest absolute Gasteiger partial charge is 0.348 e. The quantitative estimate of drug-likeness (QED) is 0.867. The first-order valence-corrected chi connectivity index (χ1v) is 8.60. The molecule has 1 aliphatic heterocycles. The molecule has 0 spiro atoms. The second kappa shape index (κ2) is 8.05. The zero-order chi connectivity index (χ0) is 16.4. The van der Waals surface area contributed by atoms with Gasteiger partial charge >= 0.3 is 0 Å². The second-order valence-corrected chi connectivity index (χ2v) is 6.93. The number of thiazole rings is 1. The van der Waals surface area contributed by atoms with Crippen LogP contribution in [-0.2, 0) is 4.79 Å². The Morgan fingerprint density at radius 1 is 1.42 bits per heavy atom. The molecule has 0 aliphatic carbocycles. The van der Waals surface area contributed by atoms with E-state index in [0.29, 0.717) is 0 Å². The third-order valence-corrected chi connectivity index (χ3v) is 5.50. The Morgan fingerprint density at radius 3 is 2.75 bits per heavy atom. The molecule has 130 valence electrons. The Hall–Kier alpha value is -1.50. The summed E-state index contributed by atoms with van der Waals surface area (Å²) < 4.78 is 13.0. The molecule has 2 N–H and O–H groups in total. The van der Waals surface area contributed by atoms with E-state index in [-0.39, 0.29) is 36.1 Å². The molecule has 1 saturated heterocycles. The molecule has 1 aliphatic rings. The first-order chi connectivity index (χ1) is 11.0. The van der Waals surface area contributed by atoms with E-state index in [1.807, 2.05) is 13.8 Å². The lowest BCUT2D eigenvalue weighted by Crippen LogP contribution is -2.33. The van der Waals surface area contributed by atoms with Gasteiger partial charge in [0.1, 0.15) is 10.8 Å². The maximum absolute atomic E-state index is 13.0. The van der Waals surface area contributed by atoms with E-state index in [1.165, 1.54) is 12.1 Å². The maximum atomic E-state index is 13.0. The minimum absolute atomic E-state index is 0. The minimum atomic E-state index is -0.256. The number of hydrogen-bond donors (Lipinski definition) is 2. The van der Waals surface area contributed by atoms with E-state index in [2.05, 4.69) is 15.6 Å². The summed E-state index contributed by atoms with van der Waals surface area (Å²) in [6.07, 6.45) is 0.890. The van der Waals surface area contributed by atoms with Crippen molar-refractivity contribution in [2.24, 2.45) is 5.92 Å². The number of nitrogens with zero attached hydrogens (tertiary/aromatic N) is 1. The lowest BCUT2D eigenvalue weighted by atomic mass is 10.1. The molecular weight excluding hydrogens is 349 g/mol. The van der Waals surface area contributed by atoms with E-state index in [9.17, 15) is 9.18 Å². The average Bonchev–Trinajstić information content (AvgIpc) is 3.17. The molecule has 1 amide bonds. The van der Waals surface area contributed by atoms with Gasteiger partial charge in [0.25, 0.3) is 0 Å². The van der Waals surface area contributed by atoms with Crippen molar-refractivity contribution in [3.63, 3.8) is 0 Å². The van der Waals surface area contributed by atoms with Gasteiger partial charge in [-0.05, 0) is 51.1 Å². The van der Waals surface area contributed by atoms with Crippen LogP contribution in [-0.4, -0.2) is 24.0 Å². The van der Waals surface area contributed by atoms with Crippen molar-refractivity contribution in [1.29, 1.82) is 0 Å². The van der Waals surface area contributed by atoms with E-state index in [1.54, 1.807) is 23.5 Å². The number of hydrogen-bond acceptors (Lipinski definition) is 4. The zero-order valence-electron chi connectivity index (χ0n) is 13.6. The molecule has 0 radical (unpaired) electrons. The molecule has 2 heterocycles. The average molecular weight is 370 g/mol. The van der Waals surface area contributed by atoms with Gasteiger partial charge in [0.2, 0.25) is 5.91 Å². The van der Waals surface area contributed by atoms with Crippen molar-refractivity contribution in [2.45, 2.75) is 26.3 Å². The fourth-order valence-corrected chi connectivity index (χ4v) is 3.87. The number of aryl methyl sites for hydroxylation is 1. The van der Waals surface area contributed by atoms with Gasteiger partial charge in [-0.15, -0.1) is 23.7 Å². The Bertz CT molecular complexity index is 698. The van der Waals surface area contributed by atoms with Crippen LogP contribution in [0.15, 0.2) is 24.3 Å². The van der Waals surface area contributed by atoms with Crippen LogP contribution in [0.4, 0.5) is 4.39 Å². The number of rotatable bonds is 4. The second-order valence-electron chi connectivity index (χ2n) is 5.90. The van der Waals surface area contributed by atoms with Gasteiger partial charge in [-0.3, -0.25) is 4.79 Å². The van der Waals surface area contributed by atoms with Gasteiger partial charge in [-0.2, -0.15) is 0 Å².